The Morgan fingerprint density at radius 2 is 2.00 bits per heavy atom. The van der Waals surface area contributed by atoms with E-state index >= 15 is 0 Å². The van der Waals surface area contributed by atoms with Crippen molar-refractivity contribution in [3.63, 3.8) is 0 Å². The maximum absolute atomic E-state index is 12.2. The highest BCUT2D eigenvalue weighted by atomic mass is 16.5. The fraction of sp³-hybridized carbons (Fsp3) is 0.824. The summed E-state index contributed by atoms with van der Waals surface area (Å²) in [4.78, 5) is 12.2. The van der Waals surface area contributed by atoms with E-state index in [-0.39, 0.29) is 17.3 Å². The summed E-state index contributed by atoms with van der Waals surface area (Å²) in [5, 5.41) is 0. The van der Waals surface area contributed by atoms with Crippen molar-refractivity contribution in [2.75, 3.05) is 6.61 Å². The predicted molar refractivity (Wildman–Crippen MR) is 77.8 cm³/mol. The Morgan fingerprint density at radius 1 is 1.26 bits per heavy atom. The van der Waals surface area contributed by atoms with Crippen molar-refractivity contribution in [3.05, 3.63) is 11.1 Å². The summed E-state index contributed by atoms with van der Waals surface area (Å²) in [6, 6.07) is 0. The summed E-state index contributed by atoms with van der Waals surface area (Å²) in [5.41, 5.74) is 3.27. The van der Waals surface area contributed by atoms with E-state index in [1.807, 2.05) is 6.92 Å². The van der Waals surface area contributed by atoms with Gasteiger partial charge in [-0.05, 0) is 51.4 Å². The van der Waals surface area contributed by atoms with Gasteiger partial charge in [0.05, 0.1) is 12.5 Å². The van der Waals surface area contributed by atoms with E-state index in [1.165, 1.54) is 36.8 Å². The van der Waals surface area contributed by atoms with Crippen LogP contribution in [0.4, 0.5) is 0 Å². The Hall–Kier alpha value is -0.790. The van der Waals surface area contributed by atoms with Gasteiger partial charge in [0, 0.05) is 0 Å². The summed E-state index contributed by atoms with van der Waals surface area (Å²) in [5.74, 6) is 0.801. The van der Waals surface area contributed by atoms with Crippen LogP contribution >= 0.6 is 0 Å². The second-order valence-electron chi connectivity index (χ2n) is 6.47. The van der Waals surface area contributed by atoms with Crippen LogP contribution in [-0.4, -0.2) is 12.6 Å². The number of hydrogen-bond acceptors (Lipinski definition) is 2. The van der Waals surface area contributed by atoms with Gasteiger partial charge in [-0.1, -0.05) is 37.3 Å². The first-order valence-electron chi connectivity index (χ1n) is 7.88. The topological polar surface area (TPSA) is 26.3 Å². The number of ether oxygens (including phenoxy) is 1. The van der Waals surface area contributed by atoms with Crippen molar-refractivity contribution in [2.24, 2.45) is 17.3 Å². The molecule has 0 saturated heterocycles. The van der Waals surface area contributed by atoms with E-state index in [0.717, 1.165) is 12.8 Å². The van der Waals surface area contributed by atoms with Gasteiger partial charge in [0.15, 0.2) is 0 Å². The molecule has 0 heterocycles. The third-order valence-corrected chi connectivity index (χ3v) is 5.29. The maximum Gasteiger partial charge on any atom is 0.309 e. The molecule has 19 heavy (non-hydrogen) atoms. The summed E-state index contributed by atoms with van der Waals surface area (Å²) < 4.78 is 5.30. The summed E-state index contributed by atoms with van der Waals surface area (Å²) in [6.45, 7) is 9.13. The van der Waals surface area contributed by atoms with Crippen molar-refractivity contribution in [1.82, 2.24) is 0 Å². The fourth-order valence-electron chi connectivity index (χ4n) is 4.05. The molecule has 108 valence electrons. The predicted octanol–water partition coefficient (Wildman–Crippen LogP) is 4.49. The maximum atomic E-state index is 12.2. The van der Waals surface area contributed by atoms with Gasteiger partial charge in [0.1, 0.15) is 0 Å². The number of rotatable bonds is 6. The number of carbonyl (C=O) groups is 1. The molecule has 0 N–H and O–H groups in total. The molecular weight excluding hydrogens is 236 g/mol. The standard InChI is InChI=1S/C17H28O2/c1-5-7-8-9-17-11-13(4)12(3)10-14(17)15(17)16(18)19-6-2/h14-15H,5-11H2,1-4H3/t14-,15+,17-/m0/s1. The summed E-state index contributed by atoms with van der Waals surface area (Å²) >= 11 is 0. The van der Waals surface area contributed by atoms with Crippen molar-refractivity contribution in [1.29, 1.82) is 0 Å². The fourth-order valence-corrected chi connectivity index (χ4v) is 4.05. The molecule has 0 spiro atoms. The molecule has 1 saturated carbocycles. The molecule has 0 unspecified atom stereocenters. The SMILES string of the molecule is CCCCC[C@]12CC(C)=C(C)C[C@H]1[C@@H]2C(=O)OCC. The van der Waals surface area contributed by atoms with E-state index in [1.54, 1.807) is 0 Å². The van der Waals surface area contributed by atoms with Gasteiger partial charge in [-0.15, -0.1) is 0 Å². The highest BCUT2D eigenvalue weighted by molar-refractivity contribution is 5.78. The second kappa shape index (κ2) is 5.68. The zero-order valence-electron chi connectivity index (χ0n) is 12.9. The second-order valence-corrected chi connectivity index (χ2v) is 6.47. The Labute approximate surface area is 117 Å². The van der Waals surface area contributed by atoms with Crippen LogP contribution in [0.25, 0.3) is 0 Å². The molecule has 0 aromatic rings. The summed E-state index contributed by atoms with van der Waals surface area (Å²) in [7, 11) is 0. The molecule has 2 rings (SSSR count). The lowest BCUT2D eigenvalue weighted by atomic mass is 9.81. The van der Waals surface area contributed by atoms with Gasteiger partial charge in [-0.3, -0.25) is 4.79 Å². The molecule has 0 aromatic heterocycles. The van der Waals surface area contributed by atoms with Gasteiger partial charge in [-0.2, -0.15) is 0 Å². The average Bonchev–Trinajstić information content (AvgIpc) is 2.97. The molecule has 0 radical (unpaired) electrons. The van der Waals surface area contributed by atoms with E-state index in [0.29, 0.717) is 12.5 Å². The first-order chi connectivity index (χ1) is 9.06. The third kappa shape index (κ3) is 2.59. The smallest absolute Gasteiger partial charge is 0.309 e. The number of esters is 1. The Balaban J connectivity index is 2.08. The zero-order valence-corrected chi connectivity index (χ0v) is 12.9. The van der Waals surface area contributed by atoms with Gasteiger partial charge >= 0.3 is 5.97 Å². The van der Waals surface area contributed by atoms with Crippen LogP contribution in [0.3, 0.4) is 0 Å². The highest BCUT2D eigenvalue weighted by Gasteiger charge is 2.68. The number of carbonyl (C=O) groups excluding carboxylic acids is 1. The minimum absolute atomic E-state index is 0.0616. The van der Waals surface area contributed by atoms with Crippen LogP contribution < -0.4 is 0 Å². The van der Waals surface area contributed by atoms with Crippen LogP contribution in [0.1, 0.15) is 66.2 Å². The van der Waals surface area contributed by atoms with Crippen LogP contribution in [0.5, 0.6) is 0 Å². The van der Waals surface area contributed by atoms with E-state index < -0.39 is 0 Å². The average molecular weight is 264 g/mol. The van der Waals surface area contributed by atoms with E-state index in [4.69, 9.17) is 4.74 Å². The molecule has 0 aromatic carbocycles. The Bertz CT molecular complexity index is 383. The van der Waals surface area contributed by atoms with Crippen molar-refractivity contribution in [3.8, 4) is 0 Å². The molecule has 0 amide bonds. The number of hydrogen-bond donors (Lipinski definition) is 0. The first-order valence-corrected chi connectivity index (χ1v) is 7.88. The van der Waals surface area contributed by atoms with Crippen LogP contribution in [0.15, 0.2) is 11.1 Å². The molecule has 2 heteroatoms. The first kappa shape index (κ1) is 14.6. The van der Waals surface area contributed by atoms with Crippen molar-refractivity contribution in [2.45, 2.75) is 66.2 Å². The third-order valence-electron chi connectivity index (χ3n) is 5.29. The molecule has 2 aliphatic carbocycles. The monoisotopic (exact) mass is 264 g/mol. The van der Waals surface area contributed by atoms with Crippen LogP contribution in [-0.2, 0) is 9.53 Å². The normalized spacial score (nSPS) is 33.1. The lowest BCUT2D eigenvalue weighted by molar-refractivity contribution is -0.145. The number of allylic oxidation sites excluding steroid dienone is 2. The van der Waals surface area contributed by atoms with Gasteiger partial charge in [-0.25, -0.2) is 0 Å². The van der Waals surface area contributed by atoms with Crippen molar-refractivity contribution >= 4 is 5.97 Å². The minimum atomic E-state index is 0.0616. The van der Waals surface area contributed by atoms with E-state index in [2.05, 4.69) is 20.8 Å². The zero-order chi connectivity index (χ0) is 14.0. The van der Waals surface area contributed by atoms with Gasteiger partial charge in [0.2, 0.25) is 0 Å². The van der Waals surface area contributed by atoms with Gasteiger partial charge < -0.3 is 4.74 Å². The van der Waals surface area contributed by atoms with Gasteiger partial charge in [0.25, 0.3) is 0 Å². The molecule has 2 aliphatic rings. The molecule has 1 fully saturated rings. The van der Waals surface area contributed by atoms with Crippen molar-refractivity contribution < 1.29 is 9.53 Å². The lowest BCUT2D eigenvalue weighted by Crippen LogP contribution is -2.15. The number of unbranched alkanes of at least 4 members (excludes halogenated alkanes) is 2. The highest BCUT2D eigenvalue weighted by Crippen LogP contribution is 2.69. The molecule has 3 atom stereocenters. The largest absolute Gasteiger partial charge is 0.466 e. The molecule has 0 aliphatic heterocycles. The number of fused-ring (bicyclic) bond motifs is 1. The minimum Gasteiger partial charge on any atom is -0.466 e. The Morgan fingerprint density at radius 3 is 2.63 bits per heavy atom. The lowest BCUT2D eigenvalue weighted by Gasteiger charge is -2.24. The molecule has 2 nitrogen and oxygen atoms in total. The molecular formula is C17H28O2. The van der Waals surface area contributed by atoms with Crippen LogP contribution in [0, 0.1) is 17.3 Å². The molecule has 0 bridgehead atoms. The van der Waals surface area contributed by atoms with E-state index in [9.17, 15) is 4.79 Å². The Kier molecular flexibility index (Phi) is 4.37. The summed E-state index contributed by atoms with van der Waals surface area (Å²) in [6.07, 6.45) is 7.23. The quantitative estimate of drug-likeness (QED) is 0.401. The van der Waals surface area contributed by atoms with Crippen LogP contribution in [0.2, 0.25) is 0 Å².